The second-order valence-corrected chi connectivity index (χ2v) is 7.33. The third-order valence-corrected chi connectivity index (χ3v) is 5.30. The fourth-order valence-electron chi connectivity index (χ4n) is 3.82. The maximum Gasteiger partial charge on any atom is 0.0974 e. The molecule has 0 aliphatic carbocycles. The van der Waals surface area contributed by atoms with Crippen molar-refractivity contribution in [1.82, 2.24) is 10.6 Å². The summed E-state index contributed by atoms with van der Waals surface area (Å²) in [4.78, 5) is 0. The topological polar surface area (TPSA) is 42.5 Å². The molecule has 2 N–H and O–H groups in total. The average molecular weight is 352 g/mol. The molecule has 26 heavy (non-hydrogen) atoms. The van der Waals surface area contributed by atoms with E-state index in [1.165, 1.54) is 11.1 Å². The minimum absolute atomic E-state index is 0.132. The second-order valence-electron chi connectivity index (χ2n) is 7.33. The Bertz CT molecular complexity index is 589. The van der Waals surface area contributed by atoms with Gasteiger partial charge in [0, 0.05) is 25.2 Å². The first-order chi connectivity index (χ1) is 12.9. The lowest BCUT2D eigenvalue weighted by Gasteiger charge is -2.38. The Labute approximate surface area is 155 Å². The van der Waals surface area contributed by atoms with Crippen LogP contribution in [-0.2, 0) is 22.3 Å². The van der Waals surface area contributed by atoms with E-state index >= 15 is 0 Å². The lowest BCUT2D eigenvalue weighted by atomic mass is 10.0. The number of benzene rings is 2. The van der Waals surface area contributed by atoms with Crippen molar-refractivity contribution in [2.24, 2.45) is 0 Å². The molecular weight excluding hydrogens is 324 g/mol. The van der Waals surface area contributed by atoms with Gasteiger partial charge in [0.05, 0.1) is 25.4 Å². The molecule has 2 saturated heterocycles. The summed E-state index contributed by atoms with van der Waals surface area (Å²) < 4.78 is 12.3. The molecule has 2 aromatic rings. The zero-order valence-electron chi connectivity index (χ0n) is 15.1. The van der Waals surface area contributed by atoms with E-state index in [0.29, 0.717) is 12.1 Å². The summed E-state index contributed by atoms with van der Waals surface area (Å²) in [5.74, 6) is 0. The second kappa shape index (κ2) is 8.78. The summed E-state index contributed by atoms with van der Waals surface area (Å²) in [6, 6.07) is 22.0. The van der Waals surface area contributed by atoms with E-state index in [9.17, 15) is 0 Å². The van der Waals surface area contributed by atoms with E-state index in [2.05, 4.69) is 71.3 Å². The predicted molar refractivity (Wildman–Crippen MR) is 103 cm³/mol. The van der Waals surface area contributed by atoms with Gasteiger partial charge >= 0.3 is 0 Å². The van der Waals surface area contributed by atoms with Crippen LogP contribution in [0.3, 0.4) is 0 Å². The van der Waals surface area contributed by atoms with Crippen LogP contribution in [0.15, 0.2) is 60.7 Å². The van der Waals surface area contributed by atoms with Crippen LogP contribution in [0, 0.1) is 0 Å². The monoisotopic (exact) mass is 352 g/mol. The van der Waals surface area contributed by atoms with Gasteiger partial charge in [-0.15, -0.1) is 0 Å². The van der Waals surface area contributed by atoms with Gasteiger partial charge in [-0.2, -0.15) is 0 Å². The van der Waals surface area contributed by atoms with Crippen LogP contribution in [0.4, 0.5) is 0 Å². The van der Waals surface area contributed by atoms with Crippen molar-refractivity contribution in [1.29, 1.82) is 0 Å². The maximum atomic E-state index is 6.13. The van der Waals surface area contributed by atoms with Crippen LogP contribution in [-0.4, -0.2) is 50.6 Å². The molecule has 0 amide bonds. The van der Waals surface area contributed by atoms with Gasteiger partial charge < -0.3 is 20.1 Å². The van der Waals surface area contributed by atoms with E-state index in [1.807, 2.05) is 0 Å². The first-order valence-electron chi connectivity index (χ1n) is 9.64. The van der Waals surface area contributed by atoms with Crippen LogP contribution >= 0.6 is 0 Å². The molecule has 138 valence electrons. The van der Waals surface area contributed by atoms with Crippen molar-refractivity contribution in [3.63, 3.8) is 0 Å². The number of ether oxygens (including phenoxy) is 2. The minimum Gasteiger partial charge on any atom is -0.373 e. The molecule has 0 unspecified atom stereocenters. The van der Waals surface area contributed by atoms with Gasteiger partial charge in [-0.3, -0.25) is 0 Å². The summed E-state index contributed by atoms with van der Waals surface area (Å²) in [7, 11) is 0. The number of hydrogen-bond acceptors (Lipinski definition) is 4. The summed E-state index contributed by atoms with van der Waals surface area (Å²) in [6.07, 6.45) is 2.28. The van der Waals surface area contributed by atoms with Gasteiger partial charge in [-0.25, -0.2) is 0 Å². The van der Waals surface area contributed by atoms with E-state index < -0.39 is 0 Å². The fraction of sp³-hybridized carbons (Fsp3) is 0.455. The summed E-state index contributed by atoms with van der Waals surface area (Å²) in [5, 5.41) is 7.27. The van der Waals surface area contributed by atoms with Gasteiger partial charge in [-0.1, -0.05) is 60.7 Å². The van der Waals surface area contributed by atoms with Crippen molar-refractivity contribution in [2.45, 2.75) is 37.1 Å². The number of hydrogen-bond donors (Lipinski definition) is 2. The van der Waals surface area contributed by atoms with Crippen molar-refractivity contribution >= 4 is 0 Å². The molecule has 2 aromatic carbocycles. The molecule has 0 aromatic heterocycles. The van der Waals surface area contributed by atoms with Gasteiger partial charge in [0.2, 0.25) is 0 Å². The molecule has 4 nitrogen and oxygen atoms in total. The lowest BCUT2D eigenvalue weighted by molar-refractivity contribution is -0.111. The summed E-state index contributed by atoms with van der Waals surface area (Å²) in [6.45, 7) is 3.19. The third-order valence-electron chi connectivity index (χ3n) is 5.30. The van der Waals surface area contributed by atoms with Crippen LogP contribution in [0.2, 0.25) is 0 Å². The van der Waals surface area contributed by atoms with Crippen LogP contribution < -0.4 is 10.6 Å². The highest BCUT2D eigenvalue weighted by atomic mass is 16.5. The Balaban J connectivity index is 1.20. The quantitative estimate of drug-likeness (QED) is 0.866. The predicted octanol–water partition coefficient (Wildman–Crippen LogP) is 2.19. The number of nitrogens with one attached hydrogen (secondary N) is 2. The van der Waals surface area contributed by atoms with Crippen LogP contribution in [0.5, 0.6) is 0 Å². The molecule has 4 atom stereocenters. The molecule has 2 heterocycles. The molecule has 0 bridgehead atoms. The summed E-state index contributed by atoms with van der Waals surface area (Å²) >= 11 is 0. The molecule has 2 aliphatic rings. The Hall–Kier alpha value is -1.72. The smallest absolute Gasteiger partial charge is 0.0974 e. The van der Waals surface area contributed by atoms with Crippen LogP contribution in [0.25, 0.3) is 0 Å². The van der Waals surface area contributed by atoms with Crippen molar-refractivity contribution in [2.75, 3.05) is 26.3 Å². The molecule has 0 radical (unpaired) electrons. The van der Waals surface area contributed by atoms with Crippen LogP contribution in [0.1, 0.15) is 11.1 Å². The Morgan fingerprint density at radius 1 is 0.654 bits per heavy atom. The zero-order chi connectivity index (χ0) is 17.6. The SMILES string of the molecule is c1ccc(C[C@H]2CO[C@@H]([C@H]3CN[C@@H](Cc4ccccc4)CO3)CN2)cc1. The number of rotatable bonds is 5. The van der Waals surface area contributed by atoms with Gasteiger partial charge in [-0.05, 0) is 24.0 Å². The molecule has 0 saturated carbocycles. The van der Waals surface area contributed by atoms with Crippen molar-refractivity contribution < 1.29 is 9.47 Å². The minimum atomic E-state index is 0.132. The largest absolute Gasteiger partial charge is 0.373 e. The van der Waals surface area contributed by atoms with Crippen molar-refractivity contribution in [3.05, 3.63) is 71.8 Å². The van der Waals surface area contributed by atoms with Gasteiger partial charge in [0.25, 0.3) is 0 Å². The van der Waals surface area contributed by atoms with Gasteiger partial charge in [0.15, 0.2) is 0 Å². The van der Waals surface area contributed by atoms with E-state index in [0.717, 1.165) is 39.1 Å². The third kappa shape index (κ3) is 4.71. The average Bonchev–Trinajstić information content (AvgIpc) is 2.71. The number of morpholine rings is 2. The standard InChI is InChI=1S/C22H28N2O2/c1-3-7-17(8-4-1)11-19-15-25-21(13-23-19)22-14-24-20(16-26-22)12-18-9-5-2-6-10-18/h1-10,19-24H,11-16H2/t19-,20-,21+,22+/m0/s1. The highest BCUT2D eigenvalue weighted by Gasteiger charge is 2.32. The first kappa shape index (κ1) is 17.7. The highest BCUT2D eigenvalue weighted by Crippen LogP contribution is 2.16. The normalized spacial score (nSPS) is 29.4. The van der Waals surface area contributed by atoms with E-state index in [4.69, 9.17) is 9.47 Å². The summed E-state index contributed by atoms with van der Waals surface area (Å²) in [5.41, 5.74) is 2.71. The lowest BCUT2D eigenvalue weighted by Crippen LogP contribution is -2.58. The molecular formula is C22H28N2O2. The molecule has 4 rings (SSSR count). The molecule has 4 heteroatoms. The molecule has 0 spiro atoms. The molecule has 2 fully saturated rings. The highest BCUT2D eigenvalue weighted by molar-refractivity contribution is 5.17. The first-order valence-corrected chi connectivity index (χ1v) is 9.64. The van der Waals surface area contributed by atoms with E-state index in [1.54, 1.807) is 0 Å². The Morgan fingerprint density at radius 2 is 1.08 bits per heavy atom. The maximum absolute atomic E-state index is 6.13. The van der Waals surface area contributed by atoms with E-state index in [-0.39, 0.29) is 12.2 Å². The zero-order valence-corrected chi connectivity index (χ0v) is 15.1. The Kier molecular flexibility index (Phi) is 5.97. The Morgan fingerprint density at radius 3 is 1.42 bits per heavy atom. The van der Waals surface area contributed by atoms with Gasteiger partial charge in [0.1, 0.15) is 0 Å². The van der Waals surface area contributed by atoms with Crippen molar-refractivity contribution in [3.8, 4) is 0 Å². The fourth-order valence-corrected chi connectivity index (χ4v) is 3.82. The molecule has 2 aliphatic heterocycles.